The Balaban J connectivity index is 2.63. The summed E-state index contributed by atoms with van der Waals surface area (Å²) in [6.45, 7) is 4.42. The van der Waals surface area contributed by atoms with Crippen LogP contribution >= 0.6 is 0 Å². The van der Waals surface area contributed by atoms with Crippen LogP contribution in [0, 0.1) is 21.4 Å². The van der Waals surface area contributed by atoms with Crippen molar-refractivity contribution in [3.63, 3.8) is 0 Å². The summed E-state index contributed by atoms with van der Waals surface area (Å²) in [5, 5.41) is 10.8. The number of hydrogen-bond acceptors (Lipinski definition) is 2. The Morgan fingerprint density at radius 1 is 1.47 bits per heavy atom. The van der Waals surface area contributed by atoms with Gasteiger partial charge in [-0.15, -0.1) is 0 Å². The van der Waals surface area contributed by atoms with Gasteiger partial charge in [0.25, 0.3) is 0 Å². The van der Waals surface area contributed by atoms with Crippen molar-refractivity contribution in [2.75, 3.05) is 6.54 Å². The van der Waals surface area contributed by atoms with E-state index in [0.29, 0.717) is 5.92 Å². The molecule has 1 aliphatic rings. The summed E-state index contributed by atoms with van der Waals surface area (Å²) in [5.74, 6) is 0.636. The second-order valence-corrected chi connectivity index (χ2v) is 5.76. The Kier molecular flexibility index (Phi) is 5.66. The summed E-state index contributed by atoms with van der Waals surface area (Å²) in [4.78, 5) is 10.6. The second-order valence-electron chi connectivity index (χ2n) is 5.76. The lowest BCUT2D eigenvalue weighted by atomic mass is 9.74. The van der Waals surface area contributed by atoms with E-state index in [0.717, 1.165) is 25.7 Å². The Hall–Kier alpha value is -0.860. The molecule has 0 amide bonds. The number of allylic oxidation sites excluding steroid dienone is 2. The van der Waals surface area contributed by atoms with Gasteiger partial charge >= 0.3 is 0 Å². The normalized spacial score (nSPS) is 29.6. The molecule has 2 atom stereocenters. The highest BCUT2D eigenvalue weighted by molar-refractivity contribution is 4.91. The summed E-state index contributed by atoms with van der Waals surface area (Å²) in [5.41, 5.74) is -0.104. The van der Waals surface area contributed by atoms with Crippen molar-refractivity contribution in [2.24, 2.45) is 11.3 Å². The molecule has 17 heavy (non-hydrogen) atoms. The quantitative estimate of drug-likeness (QED) is 0.410. The average Bonchev–Trinajstić information content (AvgIpc) is 2.21. The molecule has 0 aromatic rings. The van der Waals surface area contributed by atoms with Crippen LogP contribution in [0.1, 0.15) is 58.8 Å². The fourth-order valence-corrected chi connectivity index (χ4v) is 2.89. The first-order valence-electron chi connectivity index (χ1n) is 6.82. The maximum atomic E-state index is 10.8. The van der Waals surface area contributed by atoms with Crippen molar-refractivity contribution in [1.29, 1.82) is 0 Å². The summed E-state index contributed by atoms with van der Waals surface area (Å²) >= 11 is 0. The summed E-state index contributed by atoms with van der Waals surface area (Å²) in [6.07, 6.45) is 12.2. The van der Waals surface area contributed by atoms with Crippen LogP contribution in [0.5, 0.6) is 0 Å². The molecule has 0 spiro atoms. The van der Waals surface area contributed by atoms with Gasteiger partial charge in [-0.3, -0.25) is 10.1 Å². The van der Waals surface area contributed by atoms with Crippen LogP contribution in [0.2, 0.25) is 0 Å². The zero-order chi connectivity index (χ0) is 12.7. The smallest absolute Gasteiger partial charge is 0.209 e. The highest BCUT2D eigenvalue weighted by atomic mass is 16.6. The third-order valence-corrected chi connectivity index (χ3v) is 3.81. The van der Waals surface area contributed by atoms with Crippen LogP contribution in [-0.2, 0) is 0 Å². The van der Waals surface area contributed by atoms with Gasteiger partial charge in [0, 0.05) is 10.3 Å². The maximum absolute atomic E-state index is 10.8. The SMILES string of the molecule is CCCCC1CC=CCCC(C)(C[N+](=O)[O-])C1. The van der Waals surface area contributed by atoms with Crippen LogP contribution in [0.25, 0.3) is 0 Å². The third-order valence-electron chi connectivity index (χ3n) is 3.81. The average molecular weight is 239 g/mol. The predicted molar refractivity (Wildman–Crippen MR) is 70.6 cm³/mol. The zero-order valence-electron chi connectivity index (χ0n) is 11.2. The van der Waals surface area contributed by atoms with Crippen molar-refractivity contribution in [2.45, 2.75) is 58.8 Å². The molecule has 0 N–H and O–H groups in total. The minimum absolute atomic E-state index is 0.104. The first-order valence-corrected chi connectivity index (χ1v) is 6.82. The third kappa shape index (κ3) is 5.33. The largest absolute Gasteiger partial charge is 0.265 e. The van der Waals surface area contributed by atoms with Crippen molar-refractivity contribution in [1.82, 2.24) is 0 Å². The molecule has 98 valence electrons. The monoisotopic (exact) mass is 239 g/mol. The van der Waals surface area contributed by atoms with Gasteiger partial charge in [0.1, 0.15) is 0 Å². The van der Waals surface area contributed by atoms with E-state index < -0.39 is 0 Å². The molecule has 0 heterocycles. The van der Waals surface area contributed by atoms with Gasteiger partial charge in [0.15, 0.2) is 0 Å². The van der Waals surface area contributed by atoms with E-state index in [1.54, 1.807) is 0 Å². The zero-order valence-corrected chi connectivity index (χ0v) is 11.2. The highest BCUT2D eigenvalue weighted by Crippen LogP contribution is 2.36. The molecule has 3 heteroatoms. The topological polar surface area (TPSA) is 43.1 Å². The molecule has 1 rings (SSSR count). The molecule has 1 aliphatic carbocycles. The molecule has 0 bridgehead atoms. The van der Waals surface area contributed by atoms with Gasteiger partial charge in [-0.2, -0.15) is 0 Å². The molecule has 3 nitrogen and oxygen atoms in total. The van der Waals surface area contributed by atoms with E-state index in [9.17, 15) is 10.1 Å². The van der Waals surface area contributed by atoms with Crippen molar-refractivity contribution < 1.29 is 4.92 Å². The van der Waals surface area contributed by atoms with Crippen LogP contribution in [0.3, 0.4) is 0 Å². The molecular weight excluding hydrogens is 214 g/mol. The fraction of sp³-hybridized carbons (Fsp3) is 0.857. The van der Waals surface area contributed by atoms with Crippen molar-refractivity contribution in [3.8, 4) is 0 Å². The molecule has 0 saturated carbocycles. The van der Waals surface area contributed by atoms with Gasteiger partial charge in [0.2, 0.25) is 6.54 Å². The van der Waals surface area contributed by atoms with Crippen molar-refractivity contribution in [3.05, 3.63) is 22.3 Å². The minimum atomic E-state index is -0.137. The van der Waals surface area contributed by atoms with E-state index in [-0.39, 0.29) is 16.9 Å². The van der Waals surface area contributed by atoms with E-state index in [1.807, 2.05) is 0 Å². The lowest BCUT2D eigenvalue weighted by Crippen LogP contribution is -2.30. The molecule has 0 radical (unpaired) electrons. The van der Waals surface area contributed by atoms with E-state index in [4.69, 9.17) is 0 Å². The molecule has 0 aliphatic heterocycles. The molecule has 0 saturated heterocycles. The van der Waals surface area contributed by atoms with Crippen LogP contribution in [0.15, 0.2) is 12.2 Å². The van der Waals surface area contributed by atoms with Gasteiger partial charge in [-0.25, -0.2) is 0 Å². The van der Waals surface area contributed by atoms with E-state index >= 15 is 0 Å². The Labute approximate surface area is 104 Å². The maximum Gasteiger partial charge on any atom is 0.209 e. The highest BCUT2D eigenvalue weighted by Gasteiger charge is 2.32. The van der Waals surface area contributed by atoms with E-state index in [1.165, 1.54) is 19.3 Å². The lowest BCUT2D eigenvalue weighted by Gasteiger charge is -2.31. The van der Waals surface area contributed by atoms with Gasteiger partial charge in [-0.05, 0) is 31.6 Å². The summed E-state index contributed by atoms with van der Waals surface area (Å²) in [7, 11) is 0. The number of rotatable bonds is 5. The number of nitro groups is 1. The first kappa shape index (κ1) is 14.2. The number of hydrogen-bond donors (Lipinski definition) is 0. The predicted octanol–water partition coefficient (Wildman–Crippen LogP) is 4.21. The molecule has 0 fully saturated rings. The lowest BCUT2D eigenvalue weighted by molar-refractivity contribution is -0.497. The Morgan fingerprint density at radius 3 is 2.88 bits per heavy atom. The van der Waals surface area contributed by atoms with E-state index in [2.05, 4.69) is 26.0 Å². The van der Waals surface area contributed by atoms with Crippen molar-refractivity contribution >= 4 is 0 Å². The van der Waals surface area contributed by atoms with Gasteiger partial charge in [0.05, 0.1) is 0 Å². The molecule has 2 unspecified atom stereocenters. The Bertz CT molecular complexity index is 275. The van der Waals surface area contributed by atoms with Gasteiger partial charge in [-0.1, -0.05) is 45.3 Å². The summed E-state index contributed by atoms with van der Waals surface area (Å²) in [6, 6.07) is 0. The standard InChI is InChI=1S/C14H25NO2/c1-3-4-8-13-9-6-5-7-10-14(2,11-13)12-15(16)17/h5-6,13H,3-4,7-12H2,1-2H3. The van der Waals surface area contributed by atoms with Crippen LogP contribution in [0.4, 0.5) is 0 Å². The van der Waals surface area contributed by atoms with Crippen LogP contribution < -0.4 is 0 Å². The molecule has 0 aromatic carbocycles. The molecule has 0 aromatic heterocycles. The Morgan fingerprint density at radius 2 is 2.24 bits per heavy atom. The first-order chi connectivity index (χ1) is 8.06. The molecular formula is C14H25NO2. The summed E-state index contributed by atoms with van der Waals surface area (Å²) < 4.78 is 0. The number of nitrogens with zero attached hydrogens (tertiary/aromatic N) is 1. The second kappa shape index (κ2) is 6.77. The fourth-order valence-electron chi connectivity index (χ4n) is 2.89. The van der Waals surface area contributed by atoms with Gasteiger partial charge < -0.3 is 0 Å². The van der Waals surface area contributed by atoms with Crippen LogP contribution in [-0.4, -0.2) is 11.5 Å². The minimum Gasteiger partial charge on any atom is -0.265 e. The number of unbranched alkanes of at least 4 members (excludes halogenated alkanes) is 1.